The number of benzene rings is 1. The first-order chi connectivity index (χ1) is 10.9. The average molecular weight is 287 g/mol. The molecule has 0 unspecified atom stereocenters. The summed E-state index contributed by atoms with van der Waals surface area (Å²) in [7, 11) is 0. The van der Waals surface area contributed by atoms with Gasteiger partial charge in [-0.1, -0.05) is 0 Å². The number of nitriles is 1. The van der Waals surface area contributed by atoms with Crippen LogP contribution in [-0.4, -0.2) is 21.3 Å². The minimum atomic E-state index is 0.646. The molecule has 3 aromatic rings. The van der Waals surface area contributed by atoms with E-state index in [9.17, 15) is 0 Å². The topological polar surface area (TPSA) is 66.5 Å². The minimum absolute atomic E-state index is 0.646. The number of rotatable bonds is 2. The van der Waals surface area contributed by atoms with E-state index < -0.39 is 0 Å². The normalized spacial score (nSPS) is 12.5. The van der Waals surface area contributed by atoms with Gasteiger partial charge in [-0.05, 0) is 42.8 Å². The first-order valence-electron chi connectivity index (χ1n) is 7.13. The van der Waals surface area contributed by atoms with Gasteiger partial charge in [-0.3, -0.25) is 4.98 Å². The van der Waals surface area contributed by atoms with Crippen molar-refractivity contribution >= 4 is 5.82 Å². The maximum absolute atomic E-state index is 8.92. The first-order valence-corrected chi connectivity index (χ1v) is 7.13. The molecule has 2 aromatic heterocycles. The summed E-state index contributed by atoms with van der Waals surface area (Å²) in [5.41, 5.74) is 4.80. The van der Waals surface area contributed by atoms with E-state index in [2.05, 4.69) is 16.4 Å². The zero-order valence-corrected chi connectivity index (χ0v) is 11.8. The average Bonchev–Trinajstić information content (AvgIpc) is 3.18. The molecule has 5 heteroatoms. The molecule has 22 heavy (non-hydrogen) atoms. The first kappa shape index (κ1) is 12.6. The molecule has 1 aliphatic heterocycles. The van der Waals surface area contributed by atoms with Crippen molar-refractivity contribution in [1.29, 1.82) is 5.26 Å². The molecule has 3 heterocycles. The Hall–Kier alpha value is -3.13. The molecule has 0 spiro atoms. The summed E-state index contributed by atoms with van der Waals surface area (Å²) in [6, 6.07) is 13.5. The van der Waals surface area contributed by atoms with Gasteiger partial charge in [-0.15, -0.1) is 0 Å². The Morgan fingerprint density at radius 2 is 2.05 bits per heavy atom. The fourth-order valence-corrected chi connectivity index (χ4v) is 2.77. The van der Waals surface area contributed by atoms with Crippen LogP contribution in [-0.2, 0) is 6.42 Å². The smallest absolute Gasteiger partial charge is 0.133 e. The van der Waals surface area contributed by atoms with Crippen molar-refractivity contribution in [3.63, 3.8) is 0 Å². The molecule has 1 aromatic carbocycles. The molecule has 0 fully saturated rings. The lowest BCUT2D eigenvalue weighted by Gasteiger charge is -2.06. The van der Waals surface area contributed by atoms with Crippen molar-refractivity contribution < 1.29 is 0 Å². The van der Waals surface area contributed by atoms with Crippen LogP contribution in [0.3, 0.4) is 0 Å². The van der Waals surface area contributed by atoms with Crippen LogP contribution in [0.1, 0.15) is 11.1 Å². The molecule has 0 aliphatic carbocycles. The second-order valence-electron chi connectivity index (χ2n) is 5.16. The minimum Gasteiger partial charge on any atom is -0.369 e. The van der Waals surface area contributed by atoms with Crippen LogP contribution in [0.4, 0.5) is 5.82 Å². The Kier molecular flexibility index (Phi) is 2.87. The SMILES string of the molecule is N#Cc1ccc(-n2nc(-c3cccnc3)c3c2NCC3)cc1. The van der Waals surface area contributed by atoms with Crippen LogP contribution in [0, 0.1) is 11.3 Å². The third-order valence-electron chi connectivity index (χ3n) is 3.83. The van der Waals surface area contributed by atoms with E-state index in [1.807, 2.05) is 47.3 Å². The van der Waals surface area contributed by atoms with Gasteiger partial charge in [-0.2, -0.15) is 10.4 Å². The lowest BCUT2D eigenvalue weighted by molar-refractivity contribution is 0.882. The maximum Gasteiger partial charge on any atom is 0.133 e. The Balaban J connectivity index is 1.86. The molecule has 0 saturated carbocycles. The monoisotopic (exact) mass is 287 g/mol. The Morgan fingerprint density at radius 3 is 2.77 bits per heavy atom. The summed E-state index contributed by atoms with van der Waals surface area (Å²) in [6.45, 7) is 0.913. The molecule has 0 amide bonds. The van der Waals surface area contributed by atoms with Gasteiger partial charge < -0.3 is 5.32 Å². The van der Waals surface area contributed by atoms with Crippen LogP contribution in [0.15, 0.2) is 48.8 Å². The number of nitrogens with zero attached hydrogens (tertiary/aromatic N) is 4. The molecule has 106 valence electrons. The largest absolute Gasteiger partial charge is 0.369 e. The second kappa shape index (κ2) is 5.01. The van der Waals surface area contributed by atoms with Crippen LogP contribution in [0.25, 0.3) is 16.9 Å². The lowest BCUT2D eigenvalue weighted by Crippen LogP contribution is -2.04. The van der Waals surface area contributed by atoms with E-state index in [1.54, 1.807) is 6.20 Å². The molecular formula is C17H13N5. The third kappa shape index (κ3) is 1.93. The zero-order chi connectivity index (χ0) is 14.9. The highest BCUT2D eigenvalue weighted by molar-refractivity contribution is 5.72. The number of aromatic nitrogens is 3. The van der Waals surface area contributed by atoms with Crippen LogP contribution >= 0.6 is 0 Å². The molecule has 4 rings (SSSR count). The number of pyridine rings is 1. The summed E-state index contributed by atoms with van der Waals surface area (Å²) in [4.78, 5) is 4.19. The van der Waals surface area contributed by atoms with E-state index in [-0.39, 0.29) is 0 Å². The Morgan fingerprint density at radius 1 is 1.18 bits per heavy atom. The number of nitrogens with one attached hydrogen (secondary N) is 1. The molecule has 0 atom stereocenters. The second-order valence-corrected chi connectivity index (χ2v) is 5.16. The predicted molar refractivity (Wildman–Crippen MR) is 83.7 cm³/mol. The predicted octanol–water partition coefficient (Wildman–Crippen LogP) is 2.77. The Labute approximate surface area is 127 Å². The van der Waals surface area contributed by atoms with Gasteiger partial charge >= 0.3 is 0 Å². The quantitative estimate of drug-likeness (QED) is 0.787. The molecule has 1 N–H and O–H groups in total. The van der Waals surface area contributed by atoms with Gasteiger partial charge in [0.25, 0.3) is 0 Å². The lowest BCUT2D eigenvalue weighted by atomic mass is 10.1. The number of hydrogen-bond donors (Lipinski definition) is 1. The molecular weight excluding hydrogens is 274 g/mol. The van der Waals surface area contributed by atoms with Crippen LogP contribution in [0.5, 0.6) is 0 Å². The van der Waals surface area contributed by atoms with Crippen LogP contribution in [0.2, 0.25) is 0 Å². The summed E-state index contributed by atoms with van der Waals surface area (Å²) >= 11 is 0. The van der Waals surface area contributed by atoms with Crippen molar-refractivity contribution in [2.75, 3.05) is 11.9 Å². The van der Waals surface area contributed by atoms with Gasteiger partial charge in [0.15, 0.2) is 0 Å². The molecule has 0 radical (unpaired) electrons. The number of hydrogen-bond acceptors (Lipinski definition) is 4. The summed E-state index contributed by atoms with van der Waals surface area (Å²) < 4.78 is 1.91. The molecule has 1 aliphatic rings. The van der Waals surface area contributed by atoms with Gasteiger partial charge in [0, 0.05) is 30.1 Å². The van der Waals surface area contributed by atoms with Gasteiger partial charge in [0.05, 0.1) is 23.0 Å². The van der Waals surface area contributed by atoms with Crippen molar-refractivity contribution in [3.8, 4) is 23.0 Å². The fraction of sp³-hybridized carbons (Fsp3) is 0.118. The fourth-order valence-electron chi connectivity index (χ4n) is 2.77. The maximum atomic E-state index is 8.92. The van der Waals surface area contributed by atoms with E-state index >= 15 is 0 Å². The van der Waals surface area contributed by atoms with E-state index in [1.165, 1.54) is 5.56 Å². The number of fused-ring (bicyclic) bond motifs is 1. The highest BCUT2D eigenvalue weighted by Gasteiger charge is 2.23. The number of anilines is 1. The van der Waals surface area contributed by atoms with Crippen molar-refractivity contribution in [3.05, 3.63) is 59.9 Å². The highest BCUT2D eigenvalue weighted by Crippen LogP contribution is 2.34. The van der Waals surface area contributed by atoms with E-state index in [4.69, 9.17) is 10.4 Å². The van der Waals surface area contributed by atoms with E-state index in [0.717, 1.165) is 35.7 Å². The van der Waals surface area contributed by atoms with Crippen molar-refractivity contribution in [1.82, 2.24) is 14.8 Å². The van der Waals surface area contributed by atoms with Crippen molar-refractivity contribution in [2.45, 2.75) is 6.42 Å². The van der Waals surface area contributed by atoms with Gasteiger partial charge in [0.1, 0.15) is 5.82 Å². The van der Waals surface area contributed by atoms with E-state index in [0.29, 0.717) is 5.56 Å². The zero-order valence-electron chi connectivity index (χ0n) is 11.8. The molecule has 0 bridgehead atoms. The highest BCUT2D eigenvalue weighted by atomic mass is 15.3. The van der Waals surface area contributed by atoms with Gasteiger partial charge in [-0.25, -0.2) is 4.68 Å². The molecule has 5 nitrogen and oxygen atoms in total. The van der Waals surface area contributed by atoms with Gasteiger partial charge in [0.2, 0.25) is 0 Å². The van der Waals surface area contributed by atoms with Crippen molar-refractivity contribution in [2.24, 2.45) is 0 Å². The standard InChI is InChI=1S/C17H13N5/c18-10-12-3-5-14(6-4-12)22-17-15(7-9-20-17)16(21-22)13-2-1-8-19-11-13/h1-6,8,11,20H,7,9H2. The Bertz CT molecular complexity index is 857. The molecule has 0 saturated heterocycles. The summed E-state index contributed by atoms with van der Waals surface area (Å²) in [6.07, 6.45) is 4.56. The summed E-state index contributed by atoms with van der Waals surface area (Å²) in [5.74, 6) is 1.03. The summed E-state index contributed by atoms with van der Waals surface area (Å²) in [5, 5.41) is 17.1. The van der Waals surface area contributed by atoms with Crippen LogP contribution < -0.4 is 5.32 Å². The third-order valence-corrected chi connectivity index (χ3v) is 3.83.